The third kappa shape index (κ3) is 9.31. The Labute approximate surface area is 268 Å². The van der Waals surface area contributed by atoms with Gasteiger partial charge in [-0.25, -0.2) is 27.2 Å². The van der Waals surface area contributed by atoms with Crippen molar-refractivity contribution >= 4 is 40.1 Å². The summed E-state index contributed by atoms with van der Waals surface area (Å²) in [5.41, 5.74) is 2.16. The number of amides is 1. The van der Waals surface area contributed by atoms with Gasteiger partial charge in [-0.15, -0.1) is 0 Å². The van der Waals surface area contributed by atoms with Crippen LogP contribution in [-0.4, -0.2) is 63.4 Å². The van der Waals surface area contributed by atoms with Gasteiger partial charge >= 0.3 is 57.5 Å². The maximum atomic E-state index is 12.8. The summed E-state index contributed by atoms with van der Waals surface area (Å²) >= 11 is 4.99. The zero-order valence-corrected chi connectivity index (χ0v) is 27.2. The van der Waals surface area contributed by atoms with Crippen molar-refractivity contribution in [3.8, 4) is 0 Å². The Morgan fingerprint density at radius 2 is 1.73 bits per heavy atom. The van der Waals surface area contributed by atoms with Crippen LogP contribution in [0.15, 0.2) is 47.6 Å². The molecule has 1 amide bonds. The van der Waals surface area contributed by atoms with Crippen molar-refractivity contribution in [1.29, 1.82) is 0 Å². The molecule has 0 bridgehead atoms. The van der Waals surface area contributed by atoms with Crippen LogP contribution in [0.3, 0.4) is 0 Å². The molecule has 0 saturated carbocycles. The van der Waals surface area contributed by atoms with E-state index in [1.54, 1.807) is 52.8 Å². The number of likely N-dealkylation sites (tertiary alicyclic amines) is 1. The number of hydrogen-bond acceptors (Lipinski definition) is 8. The van der Waals surface area contributed by atoms with Crippen molar-refractivity contribution in [2.75, 3.05) is 20.1 Å². The maximum Gasteiger partial charge on any atom is 1.00 e. The van der Waals surface area contributed by atoms with Crippen LogP contribution in [0.4, 0.5) is 4.79 Å². The average Bonchev–Trinajstić information content (AvgIpc) is 3.23. The fourth-order valence-electron chi connectivity index (χ4n) is 3.65. The summed E-state index contributed by atoms with van der Waals surface area (Å²) in [5, 5.41) is 0. The first-order valence-corrected chi connectivity index (χ1v) is 13.7. The van der Waals surface area contributed by atoms with Gasteiger partial charge in [0.05, 0.1) is 16.8 Å². The number of benzene rings is 1. The van der Waals surface area contributed by atoms with E-state index in [9.17, 15) is 13.2 Å². The van der Waals surface area contributed by atoms with E-state index in [0.717, 1.165) is 35.5 Å². The minimum Gasteiger partial charge on any atom is -0.702 e. The second kappa shape index (κ2) is 13.9. The molecule has 0 atom stereocenters. The Bertz CT molecular complexity index is 1280. The summed E-state index contributed by atoms with van der Waals surface area (Å²) in [6, 6.07) is 8.35. The van der Waals surface area contributed by atoms with Gasteiger partial charge in [-0.05, 0) is 72.2 Å². The normalized spacial score (nSPS) is 14.1. The topological polar surface area (TPSA) is 97.6 Å². The Balaban J connectivity index is 0.000000295. The molecular weight excluding hydrogens is 538 g/mol. The third-order valence-electron chi connectivity index (χ3n) is 5.38. The van der Waals surface area contributed by atoms with Crippen LogP contribution < -0.4 is 51.4 Å². The number of fused-ring (bicyclic) bond motifs is 1. The van der Waals surface area contributed by atoms with Crippen LogP contribution in [0.5, 0.6) is 0 Å². The van der Waals surface area contributed by atoms with Gasteiger partial charge < -0.3 is 26.8 Å². The first kappa shape index (κ1) is 32.2. The molecule has 0 aliphatic carbocycles. The van der Waals surface area contributed by atoms with Gasteiger partial charge in [0.1, 0.15) is 11.1 Å². The molecule has 3 heterocycles. The van der Waals surface area contributed by atoms with Crippen molar-refractivity contribution in [2.45, 2.75) is 64.0 Å². The van der Waals surface area contributed by atoms with Gasteiger partial charge in [0.15, 0.2) is 5.65 Å². The van der Waals surface area contributed by atoms with Crippen molar-refractivity contribution in [2.24, 2.45) is 0 Å². The molecule has 1 aliphatic heterocycles. The summed E-state index contributed by atoms with van der Waals surface area (Å²) in [6.45, 7) is 9.78. The molecule has 1 saturated heterocycles. The van der Waals surface area contributed by atoms with E-state index in [0.29, 0.717) is 23.4 Å². The summed E-state index contributed by atoms with van der Waals surface area (Å²) in [4.78, 5) is 22.2. The summed E-state index contributed by atoms with van der Waals surface area (Å²) in [7, 11) is -1.93. The number of carbonyl (C=O) groups excluding carboxylic acids is 1. The predicted molar refractivity (Wildman–Crippen MR) is 142 cm³/mol. The maximum absolute atomic E-state index is 12.8. The van der Waals surface area contributed by atoms with Crippen LogP contribution in [0.2, 0.25) is 0 Å². The second-order valence-corrected chi connectivity index (χ2v) is 12.3. The molecule has 0 spiro atoms. The molecule has 1 aliphatic rings. The van der Waals surface area contributed by atoms with Gasteiger partial charge in [-0.2, -0.15) is 0 Å². The van der Waals surface area contributed by atoms with E-state index in [2.05, 4.69) is 9.97 Å². The van der Waals surface area contributed by atoms with Gasteiger partial charge in [0.2, 0.25) is 0 Å². The molecule has 9 nitrogen and oxygen atoms in total. The van der Waals surface area contributed by atoms with Gasteiger partial charge in [0, 0.05) is 25.8 Å². The summed E-state index contributed by atoms with van der Waals surface area (Å²) in [5.74, 6) is 0. The number of rotatable bonds is 4. The SMILES string of the molecule is CC(C)(C)OC(=O)N1CCCCC1.Cc1ccc(S(=O)(=O)n2ccc3nc(CN(C)[S-])cnc32)cc1.[K+]. The zero-order chi connectivity index (χ0) is 26.5. The van der Waals surface area contributed by atoms with E-state index in [4.69, 9.17) is 17.6 Å². The van der Waals surface area contributed by atoms with E-state index in [-0.39, 0.29) is 68.0 Å². The number of aromatic nitrogens is 3. The molecule has 37 heavy (non-hydrogen) atoms. The largest absolute Gasteiger partial charge is 1.00 e. The van der Waals surface area contributed by atoms with Gasteiger partial charge in [-0.1, -0.05) is 17.7 Å². The van der Waals surface area contributed by atoms with Crippen LogP contribution >= 0.6 is 0 Å². The van der Waals surface area contributed by atoms with Crippen molar-refractivity contribution in [3.05, 3.63) is 54.0 Å². The van der Waals surface area contributed by atoms with Crippen molar-refractivity contribution < 1.29 is 69.3 Å². The van der Waals surface area contributed by atoms with Gasteiger partial charge in [0.25, 0.3) is 10.0 Å². The standard InChI is InChI=1S/C15H15N4O2S2.C10H19NO2.K/c1-11-3-5-13(6-4-11)23(20,21)19-8-7-14-15(19)16-9-12(17-14)10-18(2)22;1-10(2,3)13-9(12)11-7-5-4-6-8-11;/h3-9H,10H2,1-2H3;4-8H2,1-3H3;/q-1;;+1. The molecule has 0 radical (unpaired) electrons. The first-order chi connectivity index (χ1) is 16.9. The van der Waals surface area contributed by atoms with Crippen LogP contribution in [0.1, 0.15) is 51.3 Å². The minimum absolute atomic E-state index is 0. The molecule has 1 aromatic carbocycles. The van der Waals surface area contributed by atoms with Crippen molar-refractivity contribution in [3.63, 3.8) is 0 Å². The van der Waals surface area contributed by atoms with E-state index >= 15 is 0 Å². The smallest absolute Gasteiger partial charge is 0.702 e. The van der Waals surface area contributed by atoms with Gasteiger partial charge in [-0.3, -0.25) is 0 Å². The summed E-state index contributed by atoms with van der Waals surface area (Å²) in [6.07, 6.45) is 6.32. The fourth-order valence-corrected chi connectivity index (χ4v) is 5.08. The number of hydrogen-bond donors (Lipinski definition) is 0. The Morgan fingerprint density at radius 1 is 1.11 bits per heavy atom. The zero-order valence-electron chi connectivity index (χ0n) is 22.5. The molecule has 2 aromatic heterocycles. The molecule has 0 N–H and O–H groups in total. The molecule has 1 fully saturated rings. The first-order valence-electron chi connectivity index (χ1n) is 11.9. The number of piperidine rings is 1. The Morgan fingerprint density at radius 3 is 2.30 bits per heavy atom. The average molecular weight is 572 g/mol. The Kier molecular flexibility index (Phi) is 12.1. The van der Waals surface area contributed by atoms with E-state index < -0.39 is 10.0 Å². The molecular formula is C25H34KN5O4S2. The van der Waals surface area contributed by atoms with Crippen LogP contribution in [0.25, 0.3) is 11.2 Å². The third-order valence-corrected chi connectivity index (χ3v) is 7.19. The second-order valence-electron chi connectivity index (χ2n) is 9.81. The van der Waals surface area contributed by atoms with E-state index in [1.165, 1.54) is 12.6 Å². The molecule has 12 heteroatoms. The number of ether oxygens (including phenoxy) is 1. The minimum atomic E-state index is -3.69. The molecule has 196 valence electrons. The molecule has 3 aromatic rings. The monoisotopic (exact) mass is 571 g/mol. The van der Waals surface area contributed by atoms with Crippen LogP contribution in [-0.2, 0) is 34.1 Å². The Hall–Kier alpha value is -0.994. The molecule has 4 rings (SSSR count). The van der Waals surface area contributed by atoms with E-state index in [1.807, 2.05) is 27.7 Å². The van der Waals surface area contributed by atoms with Crippen LogP contribution in [0, 0.1) is 6.92 Å². The molecule has 0 unspecified atom stereocenters. The van der Waals surface area contributed by atoms with Crippen molar-refractivity contribution in [1.82, 2.24) is 23.1 Å². The quantitative estimate of drug-likeness (QED) is 0.341. The number of carbonyl (C=O) groups is 1. The number of nitrogens with zero attached hydrogens (tertiary/aromatic N) is 5. The fraction of sp³-hybridized carbons (Fsp3) is 0.480. The predicted octanol–water partition coefficient (Wildman–Crippen LogP) is 1.28. The summed E-state index contributed by atoms with van der Waals surface area (Å²) < 4.78 is 33.5. The number of aryl methyl sites for hydroxylation is 1.